The highest BCUT2D eigenvalue weighted by Crippen LogP contribution is 2.19. The lowest BCUT2D eigenvalue weighted by atomic mass is 9.97. The number of rotatable bonds is 6. The average Bonchev–Trinajstić information content (AvgIpc) is 2.36. The summed E-state index contributed by atoms with van der Waals surface area (Å²) in [6.45, 7) is 10.6. The third kappa shape index (κ3) is 8.27. The summed E-state index contributed by atoms with van der Waals surface area (Å²) < 4.78 is 5.41. The minimum absolute atomic E-state index is 0.167. The summed E-state index contributed by atoms with van der Waals surface area (Å²) in [5.41, 5.74) is -0.401. The number of nitrogens with zero attached hydrogens (tertiary/aromatic N) is 2. The van der Waals surface area contributed by atoms with Crippen molar-refractivity contribution in [2.45, 2.75) is 45.6 Å². The maximum absolute atomic E-state index is 12.0. The molecule has 0 radical (unpaired) electrons. The zero-order valence-corrected chi connectivity index (χ0v) is 14.4. The van der Waals surface area contributed by atoms with E-state index in [4.69, 9.17) is 4.74 Å². The topological polar surface area (TPSA) is 44.8 Å². The molecular formula is C16H33N3O2. The van der Waals surface area contributed by atoms with E-state index in [1.165, 1.54) is 6.42 Å². The van der Waals surface area contributed by atoms with Crippen LogP contribution in [-0.2, 0) is 4.74 Å². The number of ether oxygens (including phenoxy) is 1. The number of carbonyl (C=O) groups is 1. The van der Waals surface area contributed by atoms with Crippen LogP contribution in [0.3, 0.4) is 0 Å². The SMILES string of the molecule is CN(C)CCCNCC1CCN(C(=O)OC(C)(C)C)CC1. The van der Waals surface area contributed by atoms with Gasteiger partial charge in [-0.15, -0.1) is 0 Å². The number of piperidine rings is 1. The fraction of sp³-hybridized carbons (Fsp3) is 0.938. The van der Waals surface area contributed by atoms with Gasteiger partial charge in [0, 0.05) is 13.1 Å². The first-order chi connectivity index (χ1) is 9.78. The van der Waals surface area contributed by atoms with Gasteiger partial charge in [0.1, 0.15) is 5.60 Å². The Balaban J connectivity index is 2.13. The van der Waals surface area contributed by atoms with Crippen LogP contribution < -0.4 is 5.32 Å². The molecule has 1 saturated heterocycles. The van der Waals surface area contributed by atoms with E-state index in [1.807, 2.05) is 25.7 Å². The van der Waals surface area contributed by atoms with Crippen molar-refractivity contribution in [3.8, 4) is 0 Å². The molecule has 1 amide bonds. The van der Waals surface area contributed by atoms with E-state index in [0.717, 1.165) is 45.6 Å². The van der Waals surface area contributed by atoms with Crippen LogP contribution in [0.1, 0.15) is 40.0 Å². The lowest BCUT2D eigenvalue weighted by molar-refractivity contribution is 0.0184. The first-order valence-electron chi connectivity index (χ1n) is 8.11. The van der Waals surface area contributed by atoms with Crippen LogP contribution in [0.5, 0.6) is 0 Å². The lowest BCUT2D eigenvalue weighted by Crippen LogP contribution is -2.43. The Bertz CT molecular complexity index is 305. The molecule has 5 heteroatoms. The Morgan fingerprint density at radius 3 is 2.43 bits per heavy atom. The molecule has 21 heavy (non-hydrogen) atoms. The molecule has 1 aliphatic heterocycles. The normalized spacial score (nSPS) is 17.3. The number of carbonyl (C=O) groups excluding carboxylic acids is 1. The van der Waals surface area contributed by atoms with Crippen LogP contribution in [0.15, 0.2) is 0 Å². The van der Waals surface area contributed by atoms with E-state index >= 15 is 0 Å². The van der Waals surface area contributed by atoms with E-state index in [9.17, 15) is 4.79 Å². The molecule has 0 saturated carbocycles. The van der Waals surface area contributed by atoms with E-state index in [1.54, 1.807) is 0 Å². The van der Waals surface area contributed by atoms with Gasteiger partial charge in [-0.2, -0.15) is 0 Å². The number of hydrogen-bond donors (Lipinski definition) is 1. The molecule has 0 aromatic carbocycles. The predicted octanol–water partition coefficient (Wildman–Crippen LogP) is 2.17. The Kier molecular flexibility index (Phi) is 7.46. The maximum Gasteiger partial charge on any atom is 0.410 e. The monoisotopic (exact) mass is 299 g/mol. The quantitative estimate of drug-likeness (QED) is 0.764. The second-order valence-corrected chi connectivity index (χ2v) is 7.27. The smallest absolute Gasteiger partial charge is 0.410 e. The van der Waals surface area contributed by atoms with Gasteiger partial charge in [0.2, 0.25) is 0 Å². The van der Waals surface area contributed by atoms with Crippen molar-refractivity contribution in [1.82, 2.24) is 15.1 Å². The van der Waals surface area contributed by atoms with Gasteiger partial charge < -0.3 is 19.9 Å². The summed E-state index contributed by atoms with van der Waals surface area (Å²) in [5.74, 6) is 0.683. The first kappa shape index (κ1) is 18.2. The minimum Gasteiger partial charge on any atom is -0.444 e. The zero-order valence-electron chi connectivity index (χ0n) is 14.4. The van der Waals surface area contributed by atoms with Crippen molar-refractivity contribution in [2.24, 2.45) is 5.92 Å². The molecule has 1 heterocycles. The van der Waals surface area contributed by atoms with Gasteiger partial charge in [-0.3, -0.25) is 0 Å². The highest BCUT2D eigenvalue weighted by Gasteiger charge is 2.26. The molecule has 0 spiro atoms. The highest BCUT2D eigenvalue weighted by atomic mass is 16.6. The molecule has 0 bridgehead atoms. The number of hydrogen-bond acceptors (Lipinski definition) is 4. The zero-order chi connectivity index (χ0) is 15.9. The van der Waals surface area contributed by atoms with Gasteiger partial charge in [-0.25, -0.2) is 4.79 Å². The molecule has 1 rings (SSSR count). The van der Waals surface area contributed by atoms with E-state index in [-0.39, 0.29) is 6.09 Å². The standard InChI is InChI=1S/C16H33N3O2/c1-16(2,3)21-15(20)19-11-7-14(8-12-19)13-17-9-6-10-18(4)5/h14,17H,6-13H2,1-5H3. The van der Waals surface area contributed by atoms with Crippen LogP contribution in [0.4, 0.5) is 4.79 Å². The average molecular weight is 299 g/mol. The number of likely N-dealkylation sites (tertiary alicyclic amines) is 1. The Labute approximate surface area is 130 Å². The summed E-state index contributed by atoms with van der Waals surface area (Å²) in [6, 6.07) is 0. The third-order valence-corrected chi connectivity index (χ3v) is 3.66. The fourth-order valence-electron chi connectivity index (χ4n) is 2.47. The highest BCUT2D eigenvalue weighted by molar-refractivity contribution is 5.68. The lowest BCUT2D eigenvalue weighted by Gasteiger charge is -2.33. The van der Waals surface area contributed by atoms with Gasteiger partial charge in [-0.1, -0.05) is 0 Å². The van der Waals surface area contributed by atoms with Crippen molar-refractivity contribution < 1.29 is 9.53 Å². The van der Waals surface area contributed by atoms with Gasteiger partial charge in [0.05, 0.1) is 0 Å². The van der Waals surface area contributed by atoms with Crippen LogP contribution in [0, 0.1) is 5.92 Å². The summed E-state index contributed by atoms with van der Waals surface area (Å²) in [4.78, 5) is 16.0. The molecule has 0 aromatic rings. The Morgan fingerprint density at radius 1 is 1.29 bits per heavy atom. The Hall–Kier alpha value is -0.810. The van der Waals surface area contributed by atoms with E-state index < -0.39 is 5.60 Å². The van der Waals surface area contributed by atoms with Gasteiger partial charge in [0.15, 0.2) is 0 Å². The summed E-state index contributed by atoms with van der Waals surface area (Å²) >= 11 is 0. The molecule has 1 N–H and O–H groups in total. The van der Waals surface area contributed by atoms with E-state index in [0.29, 0.717) is 5.92 Å². The minimum atomic E-state index is -0.401. The van der Waals surface area contributed by atoms with Gasteiger partial charge in [0.25, 0.3) is 0 Å². The van der Waals surface area contributed by atoms with Crippen molar-refractivity contribution in [3.05, 3.63) is 0 Å². The van der Waals surface area contributed by atoms with Crippen LogP contribution in [-0.4, -0.2) is 68.3 Å². The number of amides is 1. The van der Waals surface area contributed by atoms with Crippen molar-refractivity contribution in [2.75, 3.05) is 46.8 Å². The molecule has 124 valence electrons. The molecule has 0 aromatic heterocycles. The second kappa shape index (κ2) is 8.59. The summed E-state index contributed by atoms with van der Waals surface area (Å²) in [6.07, 6.45) is 3.16. The third-order valence-electron chi connectivity index (χ3n) is 3.66. The largest absolute Gasteiger partial charge is 0.444 e. The molecular weight excluding hydrogens is 266 g/mol. The summed E-state index contributed by atoms with van der Waals surface area (Å²) in [5, 5.41) is 3.53. The molecule has 0 atom stereocenters. The van der Waals surface area contributed by atoms with Crippen LogP contribution >= 0.6 is 0 Å². The molecule has 5 nitrogen and oxygen atoms in total. The first-order valence-corrected chi connectivity index (χ1v) is 8.11. The Morgan fingerprint density at radius 2 is 1.90 bits per heavy atom. The maximum atomic E-state index is 12.0. The van der Waals surface area contributed by atoms with Crippen molar-refractivity contribution >= 4 is 6.09 Å². The van der Waals surface area contributed by atoms with Crippen LogP contribution in [0.25, 0.3) is 0 Å². The second-order valence-electron chi connectivity index (χ2n) is 7.27. The predicted molar refractivity (Wildman–Crippen MR) is 86.6 cm³/mol. The van der Waals surface area contributed by atoms with Crippen molar-refractivity contribution in [1.29, 1.82) is 0 Å². The molecule has 1 aliphatic rings. The van der Waals surface area contributed by atoms with E-state index in [2.05, 4.69) is 24.3 Å². The van der Waals surface area contributed by atoms with Crippen LogP contribution in [0.2, 0.25) is 0 Å². The van der Waals surface area contributed by atoms with Crippen molar-refractivity contribution in [3.63, 3.8) is 0 Å². The molecule has 1 fully saturated rings. The summed E-state index contributed by atoms with van der Waals surface area (Å²) in [7, 11) is 4.21. The molecule has 0 unspecified atom stereocenters. The fourth-order valence-corrected chi connectivity index (χ4v) is 2.47. The number of nitrogens with one attached hydrogen (secondary N) is 1. The molecule has 0 aliphatic carbocycles. The van der Waals surface area contributed by atoms with Gasteiger partial charge >= 0.3 is 6.09 Å². The van der Waals surface area contributed by atoms with Gasteiger partial charge in [-0.05, 0) is 79.7 Å².